The molecule has 0 aliphatic carbocycles. The second-order valence-electron chi connectivity index (χ2n) is 5.20. The molecule has 4 nitrogen and oxygen atoms in total. The van der Waals surface area contributed by atoms with Crippen LogP contribution in [-0.2, 0) is 0 Å². The van der Waals surface area contributed by atoms with Crippen LogP contribution in [0.25, 0.3) is 0 Å². The van der Waals surface area contributed by atoms with Gasteiger partial charge < -0.3 is 20.3 Å². The minimum Gasteiger partial charge on any atom is -0.497 e. The Kier molecular flexibility index (Phi) is 5.14. The molecule has 2 atom stereocenters. The van der Waals surface area contributed by atoms with E-state index in [0.717, 1.165) is 11.3 Å². The van der Waals surface area contributed by atoms with Crippen molar-refractivity contribution in [3.05, 3.63) is 29.8 Å². The number of methoxy groups -OCH3 is 1. The second kappa shape index (κ2) is 6.18. The SMILES string of the molecule is COc1cccc(C(O)C(C)NC(C)(C)CO)c1. The van der Waals surface area contributed by atoms with Gasteiger partial charge in [-0.15, -0.1) is 0 Å². The number of ether oxygens (including phenoxy) is 1. The molecular formula is C14H23NO3. The summed E-state index contributed by atoms with van der Waals surface area (Å²) >= 11 is 0. The molecular weight excluding hydrogens is 230 g/mol. The summed E-state index contributed by atoms with van der Waals surface area (Å²) in [7, 11) is 1.60. The van der Waals surface area contributed by atoms with Gasteiger partial charge in [0.2, 0.25) is 0 Å². The molecule has 0 amide bonds. The smallest absolute Gasteiger partial charge is 0.119 e. The van der Waals surface area contributed by atoms with Crippen LogP contribution in [0.15, 0.2) is 24.3 Å². The molecule has 0 spiro atoms. The van der Waals surface area contributed by atoms with Gasteiger partial charge in [-0.2, -0.15) is 0 Å². The first-order valence-electron chi connectivity index (χ1n) is 6.10. The lowest BCUT2D eigenvalue weighted by Crippen LogP contribution is -2.49. The van der Waals surface area contributed by atoms with E-state index in [4.69, 9.17) is 4.74 Å². The molecule has 0 heterocycles. The minimum absolute atomic E-state index is 0.0160. The Labute approximate surface area is 109 Å². The molecule has 18 heavy (non-hydrogen) atoms. The van der Waals surface area contributed by atoms with Crippen LogP contribution in [0, 0.1) is 0 Å². The average Bonchev–Trinajstić information content (AvgIpc) is 2.37. The zero-order valence-corrected chi connectivity index (χ0v) is 11.5. The number of hydrogen-bond donors (Lipinski definition) is 3. The fourth-order valence-electron chi connectivity index (χ4n) is 1.86. The lowest BCUT2D eigenvalue weighted by atomic mass is 9.99. The summed E-state index contributed by atoms with van der Waals surface area (Å²) in [6.45, 7) is 5.69. The molecule has 1 aromatic rings. The van der Waals surface area contributed by atoms with Gasteiger partial charge in [0.25, 0.3) is 0 Å². The van der Waals surface area contributed by atoms with Crippen molar-refractivity contribution in [3.63, 3.8) is 0 Å². The van der Waals surface area contributed by atoms with Crippen molar-refractivity contribution >= 4 is 0 Å². The Bertz CT molecular complexity index is 379. The quantitative estimate of drug-likeness (QED) is 0.718. The van der Waals surface area contributed by atoms with Gasteiger partial charge in [0.1, 0.15) is 5.75 Å². The van der Waals surface area contributed by atoms with Crippen molar-refractivity contribution in [3.8, 4) is 5.75 Å². The van der Waals surface area contributed by atoms with E-state index < -0.39 is 11.6 Å². The van der Waals surface area contributed by atoms with Crippen molar-refractivity contribution < 1.29 is 14.9 Å². The number of rotatable bonds is 6. The zero-order valence-electron chi connectivity index (χ0n) is 11.5. The third-order valence-electron chi connectivity index (χ3n) is 2.92. The van der Waals surface area contributed by atoms with E-state index in [-0.39, 0.29) is 12.6 Å². The van der Waals surface area contributed by atoms with Crippen molar-refractivity contribution in [1.29, 1.82) is 0 Å². The maximum absolute atomic E-state index is 10.3. The number of hydrogen-bond acceptors (Lipinski definition) is 4. The highest BCUT2D eigenvalue weighted by atomic mass is 16.5. The summed E-state index contributed by atoms with van der Waals surface area (Å²) in [5.41, 5.74) is 0.377. The van der Waals surface area contributed by atoms with E-state index in [1.165, 1.54) is 0 Å². The van der Waals surface area contributed by atoms with Crippen molar-refractivity contribution in [2.75, 3.05) is 13.7 Å². The van der Waals surface area contributed by atoms with Gasteiger partial charge in [-0.05, 0) is 38.5 Å². The molecule has 0 bridgehead atoms. The Morgan fingerprint density at radius 2 is 2.06 bits per heavy atom. The third kappa shape index (κ3) is 3.98. The van der Waals surface area contributed by atoms with Gasteiger partial charge in [0.05, 0.1) is 19.8 Å². The monoisotopic (exact) mass is 253 g/mol. The number of aliphatic hydroxyl groups is 2. The van der Waals surface area contributed by atoms with Crippen LogP contribution < -0.4 is 10.1 Å². The van der Waals surface area contributed by atoms with Crippen LogP contribution in [-0.4, -0.2) is 35.5 Å². The van der Waals surface area contributed by atoms with Gasteiger partial charge in [0, 0.05) is 11.6 Å². The first-order chi connectivity index (χ1) is 8.39. The van der Waals surface area contributed by atoms with Crippen LogP contribution in [0.5, 0.6) is 5.75 Å². The highest BCUT2D eigenvalue weighted by Gasteiger charge is 2.24. The molecule has 0 aliphatic rings. The number of nitrogens with one attached hydrogen (secondary N) is 1. The number of benzene rings is 1. The van der Waals surface area contributed by atoms with Crippen molar-refractivity contribution in [1.82, 2.24) is 5.32 Å². The van der Waals surface area contributed by atoms with Gasteiger partial charge in [-0.3, -0.25) is 0 Å². The van der Waals surface area contributed by atoms with Crippen LogP contribution in [0.4, 0.5) is 0 Å². The predicted octanol–water partition coefficient (Wildman–Crippen LogP) is 1.48. The fourth-order valence-corrected chi connectivity index (χ4v) is 1.86. The standard InChI is InChI=1S/C14H23NO3/c1-10(15-14(2,3)9-16)13(17)11-6-5-7-12(8-11)18-4/h5-8,10,13,15-17H,9H2,1-4H3. The second-order valence-corrected chi connectivity index (χ2v) is 5.20. The zero-order chi connectivity index (χ0) is 13.8. The number of aliphatic hydroxyl groups excluding tert-OH is 2. The van der Waals surface area contributed by atoms with E-state index >= 15 is 0 Å². The van der Waals surface area contributed by atoms with E-state index in [1.54, 1.807) is 7.11 Å². The molecule has 1 rings (SSSR count). The lowest BCUT2D eigenvalue weighted by Gasteiger charge is -2.31. The van der Waals surface area contributed by atoms with Crippen LogP contribution in [0.2, 0.25) is 0 Å². The van der Waals surface area contributed by atoms with Gasteiger partial charge in [-0.25, -0.2) is 0 Å². The van der Waals surface area contributed by atoms with E-state index in [0.29, 0.717) is 0 Å². The Morgan fingerprint density at radius 1 is 1.39 bits per heavy atom. The molecule has 0 saturated carbocycles. The van der Waals surface area contributed by atoms with Crippen LogP contribution in [0.1, 0.15) is 32.4 Å². The molecule has 0 aliphatic heterocycles. The summed E-state index contributed by atoms with van der Waals surface area (Å²) < 4.78 is 5.14. The first-order valence-corrected chi connectivity index (χ1v) is 6.10. The predicted molar refractivity (Wildman–Crippen MR) is 71.7 cm³/mol. The summed E-state index contributed by atoms with van der Waals surface area (Å²) in [6, 6.07) is 7.19. The third-order valence-corrected chi connectivity index (χ3v) is 2.92. The van der Waals surface area contributed by atoms with Crippen LogP contribution in [0.3, 0.4) is 0 Å². The molecule has 0 radical (unpaired) electrons. The highest BCUT2D eigenvalue weighted by Crippen LogP contribution is 2.22. The largest absolute Gasteiger partial charge is 0.497 e. The summed E-state index contributed by atoms with van der Waals surface area (Å²) in [5.74, 6) is 0.722. The maximum atomic E-state index is 10.3. The Hall–Kier alpha value is -1.10. The summed E-state index contributed by atoms with van der Waals surface area (Å²) in [4.78, 5) is 0. The topological polar surface area (TPSA) is 61.7 Å². The van der Waals surface area contributed by atoms with Crippen LogP contribution >= 0.6 is 0 Å². The van der Waals surface area contributed by atoms with Crippen molar-refractivity contribution in [2.24, 2.45) is 0 Å². The minimum atomic E-state index is -0.647. The molecule has 0 aromatic heterocycles. The fraction of sp³-hybridized carbons (Fsp3) is 0.571. The summed E-state index contributed by atoms with van der Waals surface area (Å²) in [5, 5.41) is 22.7. The average molecular weight is 253 g/mol. The highest BCUT2D eigenvalue weighted by molar-refractivity contribution is 5.30. The maximum Gasteiger partial charge on any atom is 0.119 e. The lowest BCUT2D eigenvalue weighted by molar-refractivity contribution is 0.0989. The van der Waals surface area contributed by atoms with Crippen molar-refractivity contribution in [2.45, 2.75) is 38.5 Å². The normalized spacial score (nSPS) is 15.2. The molecule has 3 N–H and O–H groups in total. The summed E-state index contributed by atoms with van der Waals surface area (Å²) in [6.07, 6.45) is -0.647. The van der Waals surface area contributed by atoms with Gasteiger partial charge in [-0.1, -0.05) is 12.1 Å². The van der Waals surface area contributed by atoms with Gasteiger partial charge >= 0.3 is 0 Å². The van der Waals surface area contributed by atoms with Gasteiger partial charge in [0.15, 0.2) is 0 Å². The molecule has 1 aromatic carbocycles. The molecule has 102 valence electrons. The van der Waals surface area contributed by atoms with E-state index in [9.17, 15) is 10.2 Å². The molecule has 0 saturated heterocycles. The Morgan fingerprint density at radius 3 is 2.61 bits per heavy atom. The van der Waals surface area contributed by atoms with E-state index in [2.05, 4.69) is 5.32 Å². The molecule has 4 heteroatoms. The Balaban J connectivity index is 2.76. The molecule has 0 fully saturated rings. The van der Waals surface area contributed by atoms with E-state index in [1.807, 2.05) is 45.0 Å². The molecule has 2 unspecified atom stereocenters. The first kappa shape index (κ1) is 15.0.